The first-order chi connectivity index (χ1) is 8.42. The number of carbonyl (C=O) groups excluding carboxylic acids is 1. The first-order valence-corrected chi connectivity index (χ1v) is 8.39. The van der Waals surface area contributed by atoms with E-state index in [-0.39, 0.29) is 23.6 Å². The summed E-state index contributed by atoms with van der Waals surface area (Å²) >= 11 is 0. The fourth-order valence-electron chi connectivity index (χ4n) is 2.80. The van der Waals surface area contributed by atoms with Crippen molar-refractivity contribution in [2.75, 3.05) is 18.8 Å². The SMILES string of the molecule is CC1CN(C(=O)C2CCCCS2(=O)=O)CCC1N. The Balaban J connectivity index is 2.07. The van der Waals surface area contributed by atoms with Crippen LogP contribution in [-0.4, -0.2) is 49.4 Å². The van der Waals surface area contributed by atoms with Gasteiger partial charge in [-0.05, 0) is 25.2 Å². The predicted octanol–water partition coefficient (Wildman–Crippen LogP) is 0.149. The molecule has 6 heteroatoms. The van der Waals surface area contributed by atoms with E-state index in [9.17, 15) is 13.2 Å². The lowest BCUT2D eigenvalue weighted by Gasteiger charge is -2.37. The van der Waals surface area contributed by atoms with Gasteiger partial charge in [0, 0.05) is 19.1 Å². The van der Waals surface area contributed by atoms with Crippen LogP contribution in [0.5, 0.6) is 0 Å². The molecule has 18 heavy (non-hydrogen) atoms. The van der Waals surface area contributed by atoms with E-state index < -0.39 is 15.1 Å². The highest BCUT2D eigenvalue weighted by molar-refractivity contribution is 7.92. The number of sulfone groups is 1. The van der Waals surface area contributed by atoms with Gasteiger partial charge in [0.1, 0.15) is 5.25 Å². The maximum Gasteiger partial charge on any atom is 0.240 e. The Kier molecular flexibility index (Phi) is 3.96. The van der Waals surface area contributed by atoms with Gasteiger partial charge in [-0.25, -0.2) is 8.42 Å². The third-order valence-corrected chi connectivity index (χ3v) is 6.30. The molecule has 2 aliphatic rings. The van der Waals surface area contributed by atoms with Gasteiger partial charge in [-0.15, -0.1) is 0 Å². The van der Waals surface area contributed by atoms with Crippen LogP contribution in [0.4, 0.5) is 0 Å². The molecular formula is C12H22N2O3S. The summed E-state index contributed by atoms with van der Waals surface area (Å²) in [6.07, 6.45) is 2.77. The zero-order valence-corrected chi connectivity index (χ0v) is 11.7. The minimum Gasteiger partial charge on any atom is -0.341 e. The summed E-state index contributed by atoms with van der Waals surface area (Å²) in [6.45, 7) is 3.20. The number of piperidine rings is 1. The Morgan fingerprint density at radius 1 is 1.28 bits per heavy atom. The lowest BCUT2D eigenvalue weighted by atomic mass is 9.94. The van der Waals surface area contributed by atoms with Crippen molar-refractivity contribution >= 4 is 15.7 Å². The minimum atomic E-state index is -3.23. The fraction of sp³-hybridized carbons (Fsp3) is 0.917. The van der Waals surface area contributed by atoms with Crippen molar-refractivity contribution < 1.29 is 13.2 Å². The van der Waals surface area contributed by atoms with Crippen LogP contribution in [0.25, 0.3) is 0 Å². The second kappa shape index (κ2) is 5.17. The Morgan fingerprint density at radius 2 is 2.00 bits per heavy atom. The molecule has 1 amide bonds. The second-order valence-corrected chi connectivity index (χ2v) is 7.87. The molecule has 0 bridgehead atoms. The van der Waals surface area contributed by atoms with E-state index in [2.05, 4.69) is 0 Å². The number of amides is 1. The van der Waals surface area contributed by atoms with Crippen LogP contribution in [0, 0.1) is 5.92 Å². The molecule has 3 unspecified atom stereocenters. The zero-order chi connectivity index (χ0) is 13.3. The highest BCUT2D eigenvalue weighted by Crippen LogP contribution is 2.24. The van der Waals surface area contributed by atoms with Crippen LogP contribution in [0.15, 0.2) is 0 Å². The first kappa shape index (κ1) is 13.8. The van der Waals surface area contributed by atoms with Gasteiger partial charge in [0.05, 0.1) is 5.75 Å². The molecule has 0 aromatic heterocycles. The molecule has 104 valence electrons. The van der Waals surface area contributed by atoms with Crippen molar-refractivity contribution in [2.24, 2.45) is 11.7 Å². The van der Waals surface area contributed by atoms with E-state index in [1.54, 1.807) is 4.90 Å². The monoisotopic (exact) mass is 274 g/mol. The Hall–Kier alpha value is -0.620. The Labute approximate surface area is 109 Å². The normalized spacial score (nSPS) is 36.3. The van der Waals surface area contributed by atoms with E-state index in [1.807, 2.05) is 6.92 Å². The van der Waals surface area contributed by atoms with Gasteiger partial charge < -0.3 is 10.6 Å². The number of nitrogens with zero attached hydrogens (tertiary/aromatic N) is 1. The lowest BCUT2D eigenvalue weighted by Crippen LogP contribution is -2.53. The zero-order valence-electron chi connectivity index (χ0n) is 10.8. The molecule has 0 aromatic rings. The van der Waals surface area contributed by atoms with Crippen molar-refractivity contribution in [3.8, 4) is 0 Å². The topological polar surface area (TPSA) is 80.5 Å². The van der Waals surface area contributed by atoms with E-state index >= 15 is 0 Å². The summed E-state index contributed by atoms with van der Waals surface area (Å²) in [5.41, 5.74) is 5.92. The van der Waals surface area contributed by atoms with Crippen molar-refractivity contribution in [3.05, 3.63) is 0 Å². The summed E-state index contributed by atoms with van der Waals surface area (Å²) in [5, 5.41) is -0.798. The summed E-state index contributed by atoms with van der Waals surface area (Å²) in [4.78, 5) is 14.0. The molecular weight excluding hydrogens is 252 g/mol. The smallest absolute Gasteiger partial charge is 0.240 e. The number of rotatable bonds is 1. The van der Waals surface area contributed by atoms with Crippen molar-refractivity contribution in [2.45, 2.75) is 43.9 Å². The lowest BCUT2D eigenvalue weighted by molar-refractivity contribution is -0.132. The fourth-order valence-corrected chi connectivity index (χ4v) is 4.67. The Bertz CT molecular complexity index is 421. The molecule has 0 aromatic carbocycles. The van der Waals surface area contributed by atoms with Crippen LogP contribution in [0.1, 0.15) is 32.6 Å². The molecule has 5 nitrogen and oxygen atoms in total. The highest BCUT2D eigenvalue weighted by atomic mass is 32.2. The van der Waals surface area contributed by atoms with Crippen molar-refractivity contribution in [3.63, 3.8) is 0 Å². The number of carbonyl (C=O) groups is 1. The molecule has 2 rings (SSSR count). The molecule has 0 saturated carbocycles. The largest absolute Gasteiger partial charge is 0.341 e. The quantitative estimate of drug-likeness (QED) is 0.738. The van der Waals surface area contributed by atoms with E-state index in [0.29, 0.717) is 25.9 Å². The van der Waals surface area contributed by atoms with E-state index in [1.165, 1.54) is 0 Å². The van der Waals surface area contributed by atoms with E-state index in [4.69, 9.17) is 5.73 Å². The number of hydrogen-bond acceptors (Lipinski definition) is 4. The van der Waals surface area contributed by atoms with Crippen LogP contribution in [0.3, 0.4) is 0 Å². The number of nitrogens with two attached hydrogens (primary N) is 1. The minimum absolute atomic E-state index is 0.122. The molecule has 2 fully saturated rings. The van der Waals surface area contributed by atoms with Gasteiger partial charge >= 0.3 is 0 Å². The average Bonchev–Trinajstić information content (AvgIpc) is 2.31. The summed E-state index contributed by atoms with van der Waals surface area (Å²) in [6, 6.07) is 0.122. The van der Waals surface area contributed by atoms with Crippen LogP contribution in [-0.2, 0) is 14.6 Å². The standard InChI is InChI=1S/C12H22N2O3S/c1-9-8-14(6-5-10(9)13)12(15)11-4-2-3-7-18(11,16)17/h9-11H,2-8,13H2,1H3. The van der Waals surface area contributed by atoms with Gasteiger partial charge in [-0.3, -0.25) is 4.79 Å². The average molecular weight is 274 g/mol. The number of likely N-dealkylation sites (tertiary alicyclic amines) is 1. The third-order valence-electron chi connectivity index (χ3n) is 4.14. The van der Waals surface area contributed by atoms with Gasteiger partial charge in [-0.2, -0.15) is 0 Å². The van der Waals surface area contributed by atoms with Gasteiger partial charge in [0.25, 0.3) is 0 Å². The molecule has 2 saturated heterocycles. The van der Waals surface area contributed by atoms with Gasteiger partial charge in [0.15, 0.2) is 9.84 Å². The summed E-state index contributed by atoms with van der Waals surface area (Å²) in [5.74, 6) is 0.203. The van der Waals surface area contributed by atoms with Crippen molar-refractivity contribution in [1.29, 1.82) is 0 Å². The first-order valence-electron chi connectivity index (χ1n) is 6.68. The van der Waals surface area contributed by atoms with Crippen LogP contribution < -0.4 is 5.73 Å². The molecule has 0 spiro atoms. The maximum absolute atomic E-state index is 12.3. The predicted molar refractivity (Wildman–Crippen MR) is 69.8 cm³/mol. The summed E-state index contributed by atoms with van der Waals surface area (Å²) in [7, 11) is -3.23. The van der Waals surface area contributed by atoms with Crippen LogP contribution in [0.2, 0.25) is 0 Å². The Morgan fingerprint density at radius 3 is 2.61 bits per heavy atom. The van der Waals surface area contributed by atoms with Gasteiger partial charge in [-0.1, -0.05) is 13.3 Å². The highest BCUT2D eigenvalue weighted by Gasteiger charge is 2.39. The third kappa shape index (κ3) is 2.69. The molecule has 2 N–H and O–H groups in total. The maximum atomic E-state index is 12.3. The molecule has 3 atom stereocenters. The molecule has 2 heterocycles. The number of hydrogen-bond donors (Lipinski definition) is 1. The molecule has 2 aliphatic heterocycles. The van der Waals surface area contributed by atoms with Crippen LogP contribution >= 0.6 is 0 Å². The van der Waals surface area contributed by atoms with Gasteiger partial charge in [0.2, 0.25) is 5.91 Å². The molecule has 0 aliphatic carbocycles. The second-order valence-electron chi connectivity index (χ2n) is 5.57. The molecule has 0 radical (unpaired) electrons. The van der Waals surface area contributed by atoms with E-state index in [0.717, 1.165) is 12.8 Å². The van der Waals surface area contributed by atoms with Crippen molar-refractivity contribution in [1.82, 2.24) is 4.90 Å². The summed E-state index contributed by atoms with van der Waals surface area (Å²) < 4.78 is 23.9.